The maximum atomic E-state index is 2.27. The molecule has 0 nitrogen and oxygen atoms in total. The Morgan fingerprint density at radius 1 is 1.18 bits per heavy atom. The standard InChI is InChI=1S/C11H20/c1-4-6-7-8-10-11(3)9-5-2/h6-8,10-11H,4-5,9H2,1-3H3. The number of hydrogen-bond acceptors (Lipinski definition) is 0. The van der Waals surface area contributed by atoms with Crippen LogP contribution in [0.1, 0.15) is 40.0 Å². The fourth-order valence-electron chi connectivity index (χ4n) is 1.02. The molecule has 0 saturated heterocycles. The molecule has 0 rings (SSSR count). The first-order valence-corrected chi connectivity index (χ1v) is 4.64. The lowest BCUT2D eigenvalue weighted by atomic mass is 10.1. The molecule has 0 amide bonds. The van der Waals surface area contributed by atoms with Gasteiger partial charge in [-0.25, -0.2) is 0 Å². The molecule has 1 unspecified atom stereocenters. The average Bonchev–Trinajstić information content (AvgIpc) is 1.99. The Bertz CT molecular complexity index is 120. The largest absolute Gasteiger partial charge is 0.0848 e. The minimum atomic E-state index is 0.738. The van der Waals surface area contributed by atoms with Crippen LogP contribution in [0.25, 0.3) is 0 Å². The quantitative estimate of drug-likeness (QED) is 0.523. The second-order valence-corrected chi connectivity index (χ2v) is 2.99. The first-order chi connectivity index (χ1) is 5.31. The molecule has 0 radical (unpaired) electrons. The summed E-state index contributed by atoms with van der Waals surface area (Å²) in [6.07, 6.45) is 12.5. The van der Waals surface area contributed by atoms with Gasteiger partial charge in [-0.05, 0) is 18.8 Å². The highest BCUT2D eigenvalue weighted by molar-refractivity contribution is 5.03. The second-order valence-electron chi connectivity index (χ2n) is 2.99. The number of rotatable bonds is 5. The molecule has 1 atom stereocenters. The van der Waals surface area contributed by atoms with Crippen LogP contribution in [0.2, 0.25) is 0 Å². The van der Waals surface area contributed by atoms with Crippen LogP contribution in [-0.2, 0) is 0 Å². The Labute approximate surface area is 71.0 Å². The lowest BCUT2D eigenvalue weighted by molar-refractivity contribution is 0.634. The van der Waals surface area contributed by atoms with Gasteiger partial charge in [-0.2, -0.15) is 0 Å². The van der Waals surface area contributed by atoms with Crippen LogP contribution in [0.3, 0.4) is 0 Å². The van der Waals surface area contributed by atoms with Gasteiger partial charge in [-0.3, -0.25) is 0 Å². The fourth-order valence-corrected chi connectivity index (χ4v) is 1.02. The monoisotopic (exact) mass is 152 g/mol. The lowest BCUT2D eigenvalue weighted by Crippen LogP contribution is -1.85. The smallest absolute Gasteiger partial charge is 0.0259 e. The van der Waals surface area contributed by atoms with E-state index in [4.69, 9.17) is 0 Å². The van der Waals surface area contributed by atoms with E-state index in [1.165, 1.54) is 12.8 Å². The fraction of sp³-hybridized carbons (Fsp3) is 0.636. The molecule has 0 heteroatoms. The molecular weight excluding hydrogens is 132 g/mol. The average molecular weight is 152 g/mol. The van der Waals surface area contributed by atoms with Crippen LogP contribution in [0.15, 0.2) is 24.3 Å². The summed E-state index contributed by atoms with van der Waals surface area (Å²) < 4.78 is 0. The van der Waals surface area contributed by atoms with Crippen LogP contribution < -0.4 is 0 Å². The van der Waals surface area contributed by atoms with E-state index in [1.807, 2.05) is 0 Å². The van der Waals surface area contributed by atoms with Crippen molar-refractivity contribution in [2.45, 2.75) is 40.0 Å². The molecule has 0 aromatic heterocycles. The predicted octanol–water partition coefficient (Wildman–Crippen LogP) is 3.95. The van der Waals surface area contributed by atoms with Crippen molar-refractivity contribution in [3.05, 3.63) is 24.3 Å². The van der Waals surface area contributed by atoms with Crippen LogP contribution in [0.4, 0.5) is 0 Å². The van der Waals surface area contributed by atoms with Crippen molar-refractivity contribution in [3.8, 4) is 0 Å². The maximum absolute atomic E-state index is 2.27. The van der Waals surface area contributed by atoms with E-state index >= 15 is 0 Å². The molecule has 0 fully saturated rings. The summed E-state index contributed by atoms with van der Waals surface area (Å²) >= 11 is 0. The summed E-state index contributed by atoms with van der Waals surface area (Å²) in [4.78, 5) is 0. The summed E-state index contributed by atoms with van der Waals surface area (Å²) in [7, 11) is 0. The molecule has 0 aromatic carbocycles. The lowest BCUT2D eigenvalue weighted by Gasteiger charge is -2.00. The van der Waals surface area contributed by atoms with Crippen molar-refractivity contribution in [2.75, 3.05) is 0 Å². The molecule has 0 aliphatic heterocycles. The molecule has 0 aliphatic carbocycles. The summed E-state index contributed by atoms with van der Waals surface area (Å²) in [5, 5.41) is 0. The highest BCUT2D eigenvalue weighted by Crippen LogP contribution is 2.05. The van der Waals surface area contributed by atoms with E-state index in [0.717, 1.165) is 12.3 Å². The molecule has 0 aromatic rings. The van der Waals surface area contributed by atoms with Gasteiger partial charge in [0.1, 0.15) is 0 Å². The molecular formula is C11H20. The predicted molar refractivity (Wildman–Crippen MR) is 52.6 cm³/mol. The number of hydrogen-bond donors (Lipinski definition) is 0. The van der Waals surface area contributed by atoms with Crippen LogP contribution in [-0.4, -0.2) is 0 Å². The van der Waals surface area contributed by atoms with Crippen molar-refractivity contribution in [3.63, 3.8) is 0 Å². The van der Waals surface area contributed by atoms with E-state index in [1.54, 1.807) is 0 Å². The van der Waals surface area contributed by atoms with Crippen molar-refractivity contribution in [1.82, 2.24) is 0 Å². The van der Waals surface area contributed by atoms with Crippen LogP contribution >= 0.6 is 0 Å². The summed E-state index contributed by atoms with van der Waals surface area (Å²) in [5.74, 6) is 0.738. The summed E-state index contributed by atoms with van der Waals surface area (Å²) in [6.45, 7) is 6.64. The van der Waals surface area contributed by atoms with Gasteiger partial charge in [0, 0.05) is 0 Å². The zero-order valence-corrected chi connectivity index (χ0v) is 8.01. The normalized spacial score (nSPS) is 14.8. The molecule has 0 bridgehead atoms. The zero-order chi connectivity index (χ0) is 8.53. The molecule has 0 N–H and O–H groups in total. The third kappa shape index (κ3) is 7.38. The minimum Gasteiger partial charge on any atom is -0.0848 e. The molecule has 11 heavy (non-hydrogen) atoms. The minimum absolute atomic E-state index is 0.738. The third-order valence-corrected chi connectivity index (χ3v) is 1.67. The zero-order valence-electron chi connectivity index (χ0n) is 8.01. The van der Waals surface area contributed by atoms with Gasteiger partial charge < -0.3 is 0 Å². The van der Waals surface area contributed by atoms with Gasteiger partial charge in [-0.15, -0.1) is 0 Å². The Morgan fingerprint density at radius 3 is 2.45 bits per heavy atom. The Balaban J connectivity index is 3.47. The van der Waals surface area contributed by atoms with Crippen molar-refractivity contribution in [1.29, 1.82) is 0 Å². The maximum Gasteiger partial charge on any atom is -0.0259 e. The highest BCUT2D eigenvalue weighted by atomic mass is 14.0. The Kier molecular flexibility index (Phi) is 7.23. The van der Waals surface area contributed by atoms with Crippen LogP contribution in [0.5, 0.6) is 0 Å². The first-order valence-electron chi connectivity index (χ1n) is 4.64. The van der Waals surface area contributed by atoms with Crippen molar-refractivity contribution < 1.29 is 0 Å². The first kappa shape index (κ1) is 10.5. The molecule has 0 saturated carbocycles. The SMILES string of the molecule is CCC=CC=CC(C)CCC. The highest BCUT2D eigenvalue weighted by Gasteiger charge is 1.91. The number of allylic oxidation sites excluding steroid dienone is 4. The third-order valence-electron chi connectivity index (χ3n) is 1.67. The second kappa shape index (κ2) is 7.59. The van der Waals surface area contributed by atoms with Crippen molar-refractivity contribution >= 4 is 0 Å². The topological polar surface area (TPSA) is 0 Å². The van der Waals surface area contributed by atoms with Gasteiger partial charge in [0.05, 0.1) is 0 Å². The van der Waals surface area contributed by atoms with E-state index in [9.17, 15) is 0 Å². The van der Waals surface area contributed by atoms with Crippen LogP contribution in [0, 0.1) is 5.92 Å². The van der Waals surface area contributed by atoms with Gasteiger partial charge in [0.15, 0.2) is 0 Å². The van der Waals surface area contributed by atoms with Gasteiger partial charge in [0.2, 0.25) is 0 Å². The molecule has 0 aliphatic rings. The van der Waals surface area contributed by atoms with E-state index < -0.39 is 0 Å². The van der Waals surface area contributed by atoms with Crippen molar-refractivity contribution in [2.24, 2.45) is 5.92 Å². The van der Waals surface area contributed by atoms with E-state index in [2.05, 4.69) is 45.1 Å². The van der Waals surface area contributed by atoms with Gasteiger partial charge in [-0.1, -0.05) is 51.5 Å². The van der Waals surface area contributed by atoms with Gasteiger partial charge in [0.25, 0.3) is 0 Å². The van der Waals surface area contributed by atoms with E-state index in [-0.39, 0.29) is 0 Å². The summed E-state index contributed by atoms with van der Waals surface area (Å²) in [6, 6.07) is 0. The molecule has 64 valence electrons. The van der Waals surface area contributed by atoms with Gasteiger partial charge >= 0.3 is 0 Å². The Morgan fingerprint density at radius 2 is 1.91 bits per heavy atom. The molecule has 0 heterocycles. The Hall–Kier alpha value is -0.520. The van der Waals surface area contributed by atoms with E-state index in [0.29, 0.717) is 0 Å². The molecule has 0 spiro atoms. The summed E-state index contributed by atoms with van der Waals surface area (Å²) in [5.41, 5.74) is 0.